The van der Waals surface area contributed by atoms with Crippen molar-refractivity contribution in [1.29, 1.82) is 0 Å². The Balaban J connectivity index is 2.05. The summed E-state index contributed by atoms with van der Waals surface area (Å²) in [5.74, 6) is 1.57. The van der Waals surface area contributed by atoms with Crippen LogP contribution in [0.3, 0.4) is 0 Å². The topological polar surface area (TPSA) is 25.0 Å². The summed E-state index contributed by atoms with van der Waals surface area (Å²) >= 11 is 0. The molecule has 1 N–H and O–H groups in total. The Morgan fingerprint density at radius 1 is 1.20 bits per heavy atom. The summed E-state index contributed by atoms with van der Waals surface area (Å²) in [6, 6.07) is 8.59. The van der Waals surface area contributed by atoms with E-state index in [0.29, 0.717) is 5.92 Å². The molecule has 0 saturated heterocycles. The second-order valence-corrected chi connectivity index (χ2v) is 13.4. The summed E-state index contributed by atoms with van der Waals surface area (Å²) in [4.78, 5) is 3.44. The van der Waals surface area contributed by atoms with E-state index in [1.807, 2.05) is 0 Å². The van der Waals surface area contributed by atoms with Crippen molar-refractivity contribution in [2.24, 2.45) is 0 Å². The lowest BCUT2D eigenvalue weighted by atomic mass is 9.97. The molecule has 0 aliphatic heterocycles. The predicted molar refractivity (Wildman–Crippen MR) is 110 cm³/mol. The molecule has 1 aromatic heterocycles. The zero-order valence-corrected chi connectivity index (χ0v) is 17.4. The zero-order chi connectivity index (χ0) is 18.2. The van der Waals surface area contributed by atoms with Gasteiger partial charge in [-0.1, -0.05) is 51.1 Å². The van der Waals surface area contributed by atoms with E-state index in [1.54, 1.807) is 0 Å². The minimum Gasteiger partial charge on any atom is -0.546 e. The number of allylic oxidation sites excluding steroid dienone is 4. The van der Waals surface area contributed by atoms with E-state index < -0.39 is 8.32 Å². The van der Waals surface area contributed by atoms with Gasteiger partial charge in [-0.15, -0.1) is 0 Å². The van der Waals surface area contributed by atoms with Crippen molar-refractivity contribution in [3.63, 3.8) is 0 Å². The summed E-state index contributed by atoms with van der Waals surface area (Å²) < 4.78 is 6.87. The molecule has 0 saturated carbocycles. The van der Waals surface area contributed by atoms with Gasteiger partial charge < -0.3 is 9.41 Å². The molecule has 1 unspecified atom stereocenters. The van der Waals surface area contributed by atoms with Crippen LogP contribution < -0.4 is 0 Å². The molecule has 1 aromatic carbocycles. The first kappa shape index (κ1) is 18.1. The molecule has 1 heterocycles. The Morgan fingerprint density at radius 2 is 1.92 bits per heavy atom. The third-order valence-corrected chi connectivity index (χ3v) is 10.2. The maximum absolute atomic E-state index is 6.87. The van der Waals surface area contributed by atoms with Gasteiger partial charge in [0, 0.05) is 23.0 Å². The molecular formula is C22H31NOSi. The van der Waals surface area contributed by atoms with Gasteiger partial charge >= 0.3 is 0 Å². The molecular weight excluding hydrogens is 322 g/mol. The van der Waals surface area contributed by atoms with Gasteiger partial charge in [-0.25, -0.2) is 0 Å². The van der Waals surface area contributed by atoms with Crippen molar-refractivity contribution >= 4 is 19.2 Å². The minimum atomic E-state index is -1.86. The average Bonchev–Trinajstić information content (AvgIpc) is 3.11. The number of H-pyrrole nitrogens is 1. The molecule has 1 aliphatic rings. The maximum atomic E-state index is 6.87. The smallest absolute Gasteiger partial charge is 0.250 e. The summed E-state index contributed by atoms with van der Waals surface area (Å²) in [6.45, 7) is 13.7. The van der Waals surface area contributed by atoms with Crippen LogP contribution in [0.1, 0.15) is 52.0 Å². The number of para-hydroxylation sites is 1. The van der Waals surface area contributed by atoms with E-state index in [0.717, 1.165) is 12.8 Å². The highest BCUT2D eigenvalue weighted by atomic mass is 28.4. The first-order valence-corrected chi connectivity index (χ1v) is 12.3. The number of hydrogen-bond donors (Lipinski definition) is 1. The molecule has 2 nitrogen and oxygen atoms in total. The predicted octanol–water partition coefficient (Wildman–Crippen LogP) is 6.90. The number of fused-ring (bicyclic) bond motifs is 1. The first-order chi connectivity index (χ1) is 11.7. The fourth-order valence-electron chi connectivity index (χ4n) is 3.39. The number of nitrogens with one attached hydrogen (secondary N) is 1. The highest BCUT2D eigenvalue weighted by molar-refractivity contribution is 6.74. The van der Waals surface area contributed by atoms with Crippen LogP contribution in [0.15, 0.2) is 53.9 Å². The van der Waals surface area contributed by atoms with E-state index >= 15 is 0 Å². The summed E-state index contributed by atoms with van der Waals surface area (Å²) in [5, 5.41) is 1.53. The maximum Gasteiger partial charge on any atom is 0.250 e. The molecule has 1 atom stereocenters. The van der Waals surface area contributed by atoms with Gasteiger partial charge in [-0.05, 0) is 55.1 Å². The van der Waals surface area contributed by atoms with Gasteiger partial charge in [0.15, 0.2) is 0 Å². The van der Waals surface area contributed by atoms with Gasteiger partial charge in [0.2, 0.25) is 8.32 Å². The third kappa shape index (κ3) is 3.34. The van der Waals surface area contributed by atoms with E-state index in [9.17, 15) is 0 Å². The Labute approximate surface area is 153 Å². The normalized spacial score (nSPS) is 19.4. The average molecular weight is 354 g/mol. The van der Waals surface area contributed by atoms with Gasteiger partial charge in [0.05, 0.1) is 5.76 Å². The zero-order valence-electron chi connectivity index (χ0n) is 16.4. The quantitative estimate of drug-likeness (QED) is 0.594. The highest BCUT2D eigenvalue weighted by Crippen LogP contribution is 2.47. The molecule has 2 aromatic rings. The van der Waals surface area contributed by atoms with Crippen LogP contribution in [0.25, 0.3) is 10.9 Å². The van der Waals surface area contributed by atoms with Gasteiger partial charge in [-0.3, -0.25) is 0 Å². The van der Waals surface area contributed by atoms with E-state index in [1.165, 1.54) is 27.8 Å². The van der Waals surface area contributed by atoms with Crippen LogP contribution in [0, 0.1) is 0 Å². The molecule has 0 radical (unpaired) electrons. The molecule has 3 heteroatoms. The molecule has 0 fully saturated rings. The number of hydrogen-bond acceptors (Lipinski definition) is 1. The monoisotopic (exact) mass is 353 g/mol. The summed E-state index contributed by atoms with van der Waals surface area (Å²) in [7, 11) is -1.86. The lowest BCUT2D eigenvalue weighted by Crippen LogP contribution is -2.41. The lowest BCUT2D eigenvalue weighted by molar-refractivity contribution is 0.356. The number of rotatable bonds is 4. The molecule has 134 valence electrons. The second kappa shape index (κ2) is 6.53. The van der Waals surface area contributed by atoms with Crippen molar-refractivity contribution < 1.29 is 4.43 Å². The van der Waals surface area contributed by atoms with Crippen LogP contribution >= 0.6 is 0 Å². The third-order valence-electron chi connectivity index (χ3n) is 5.87. The summed E-state index contributed by atoms with van der Waals surface area (Å²) in [6.07, 6.45) is 8.80. The van der Waals surface area contributed by atoms with Crippen LogP contribution in [0.4, 0.5) is 0 Å². The van der Waals surface area contributed by atoms with Crippen molar-refractivity contribution in [2.45, 2.75) is 64.6 Å². The minimum absolute atomic E-state index is 0.203. The largest absolute Gasteiger partial charge is 0.546 e. The number of benzene rings is 1. The SMILES string of the molecule is C/C=C/C1=C(O[Si](C)(C)C(C)(C)C)C(c2c[nH]c3ccccc23)CC1. The van der Waals surface area contributed by atoms with Gasteiger partial charge in [0.25, 0.3) is 0 Å². The molecule has 25 heavy (non-hydrogen) atoms. The Morgan fingerprint density at radius 3 is 2.60 bits per heavy atom. The Bertz CT molecular complexity index is 820. The van der Waals surface area contributed by atoms with E-state index in [2.05, 4.69) is 88.4 Å². The van der Waals surface area contributed by atoms with Crippen LogP contribution in [0.5, 0.6) is 0 Å². The fraction of sp³-hybridized carbons (Fsp3) is 0.455. The Hall–Kier alpha value is -1.74. The molecule has 0 amide bonds. The van der Waals surface area contributed by atoms with Gasteiger partial charge in [0.1, 0.15) is 0 Å². The van der Waals surface area contributed by atoms with Crippen molar-refractivity contribution in [2.75, 3.05) is 0 Å². The van der Waals surface area contributed by atoms with Crippen molar-refractivity contribution in [3.8, 4) is 0 Å². The fourth-order valence-corrected chi connectivity index (χ4v) is 4.52. The van der Waals surface area contributed by atoms with Crippen LogP contribution in [0.2, 0.25) is 18.1 Å². The Kier molecular flexibility index (Phi) is 4.71. The van der Waals surface area contributed by atoms with Crippen molar-refractivity contribution in [1.82, 2.24) is 4.98 Å². The standard InChI is InChI=1S/C22H31NOSi/c1-7-10-16-13-14-18(21(16)24-25(5,6)22(2,3)4)19-15-23-20-12-9-8-11-17(19)20/h7-12,15,18,23H,13-14H2,1-6H3/b10-7+. The molecule has 0 spiro atoms. The highest BCUT2D eigenvalue weighted by Gasteiger charge is 2.42. The molecule has 0 bridgehead atoms. The van der Waals surface area contributed by atoms with E-state index in [-0.39, 0.29) is 5.04 Å². The van der Waals surface area contributed by atoms with Crippen LogP contribution in [-0.4, -0.2) is 13.3 Å². The first-order valence-electron chi connectivity index (χ1n) is 9.35. The summed E-state index contributed by atoms with van der Waals surface area (Å²) in [5.41, 5.74) is 3.97. The van der Waals surface area contributed by atoms with Crippen LogP contribution in [-0.2, 0) is 4.43 Å². The second-order valence-electron chi connectivity index (χ2n) is 8.63. The lowest BCUT2D eigenvalue weighted by Gasteiger charge is -2.38. The van der Waals surface area contributed by atoms with Gasteiger partial charge in [-0.2, -0.15) is 0 Å². The van der Waals surface area contributed by atoms with E-state index in [4.69, 9.17) is 4.43 Å². The number of aromatic nitrogens is 1. The number of aromatic amines is 1. The van der Waals surface area contributed by atoms with Crippen molar-refractivity contribution in [3.05, 3.63) is 59.5 Å². The molecule has 3 rings (SSSR count). The molecule has 1 aliphatic carbocycles.